The molecule has 0 unspecified atom stereocenters. The van der Waals surface area contributed by atoms with Crippen molar-refractivity contribution in [2.24, 2.45) is 5.92 Å². The normalized spacial score (nSPS) is 20.1. The Morgan fingerprint density at radius 2 is 2.00 bits per heavy atom. The van der Waals surface area contributed by atoms with Crippen LogP contribution in [0.1, 0.15) is 12.8 Å². The SMILES string of the molecule is COCCNCC1CCN(S(C)(=O)=O)CC1. The summed E-state index contributed by atoms with van der Waals surface area (Å²) in [6, 6.07) is 0. The van der Waals surface area contributed by atoms with Crippen molar-refractivity contribution < 1.29 is 13.2 Å². The van der Waals surface area contributed by atoms with Crippen molar-refractivity contribution in [1.82, 2.24) is 9.62 Å². The molecule has 1 N–H and O–H groups in total. The fourth-order valence-corrected chi connectivity index (χ4v) is 2.80. The number of hydrogen-bond acceptors (Lipinski definition) is 4. The number of rotatable bonds is 6. The molecule has 1 heterocycles. The molecule has 0 aliphatic carbocycles. The van der Waals surface area contributed by atoms with Crippen LogP contribution in [0.3, 0.4) is 0 Å². The summed E-state index contributed by atoms with van der Waals surface area (Å²) >= 11 is 0. The molecule has 0 aromatic heterocycles. The average molecular weight is 250 g/mol. The minimum atomic E-state index is -2.99. The first kappa shape index (κ1) is 13.9. The summed E-state index contributed by atoms with van der Waals surface area (Å²) < 4.78 is 29.1. The molecule has 96 valence electrons. The Morgan fingerprint density at radius 1 is 1.38 bits per heavy atom. The molecule has 0 atom stereocenters. The first-order valence-electron chi connectivity index (χ1n) is 5.69. The first-order valence-corrected chi connectivity index (χ1v) is 7.53. The van der Waals surface area contributed by atoms with Crippen LogP contribution in [0, 0.1) is 5.92 Å². The molecule has 0 saturated carbocycles. The lowest BCUT2D eigenvalue weighted by Gasteiger charge is -2.30. The second-order valence-corrected chi connectivity index (χ2v) is 6.28. The van der Waals surface area contributed by atoms with E-state index in [1.807, 2.05) is 0 Å². The third kappa shape index (κ3) is 4.78. The Labute approximate surface area is 98.2 Å². The molecular formula is C10H22N2O3S. The lowest BCUT2D eigenvalue weighted by atomic mass is 9.98. The molecule has 16 heavy (non-hydrogen) atoms. The van der Waals surface area contributed by atoms with Crippen molar-refractivity contribution >= 4 is 10.0 Å². The van der Waals surface area contributed by atoms with Crippen molar-refractivity contribution in [1.29, 1.82) is 0 Å². The van der Waals surface area contributed by atoms with Crippen LogP contribution >= 0.6 is 0 Å². The van der Waals surface area contributed by atoms with E-state index in [4.69, 9.17) is 4.74 Å². The van der Waals surface area contributed by atoms with Crippen molar-refractivity contribution in [3.63, 3.8) is 0 Å². The second kappa shape index (κ2) is 6.54. The summed E-state index contributed by atoms with van der Waals surface area (Å²) in [4.78, 5) is 0. The number of methoxy groups -OCH3 is 1. The Bertz CT molecular complexity index is 284. The van der Waals surface area contributed by atoms with E-state index in [1.165, 1.54) is 6.26 Å². The van der Waals surface area contributed by atoms with Crippen LogP contribution in [-0.2, 0) is 14.8 Å². The van der Waals surface area contributed by atoms with Gasteiger partial charge in [-0.3, -0.25) is 0 Å². The zero-order chi connectivity index (χ0) is 12.0. The van der Waals surface area contributed by atoms with Gasteiger partial charge >= 0.3 is 0 Å². The maximum absolute atomic E-state index is 11.3. The molecule has 0 bridgehead atoms. The highest BCUT2D eigenvalue weighted by Gasteiger charge is 2.24. The van der Waals surface area contributed by atoms with Gasteiger partial charge in [0.05, 0.1) is 12.9 Å². The second-order valence-electron chi connectivity index (χ2n) is 4.30. The molecule has 0 aromatic carbocycles. The number of nitrogens with zero attached hydrogens (tertiary/aromatic N) is 1. The lowest BCUT2D eigenvalue weighted by molar-refractivity contribution is 0.194. The Morgan fingerprint density at radius 3 is 2.50 bits per heavy atom. The number of sulfonamides is 1. The van der Waals surface area contributed by atoms with E-state index in [2.05, 4.69) is 5.32 Å². The maximum Gasteiger partial charge on any atom is 0.211 e. The summed E-state index contributed by atoms with van der Waals surface area (Å²) in [5.74, 6) is 0.592. The van der Waals surface area contributed by atoms with E-state index in [1.54, 1.807) is 11.4 Å². The van der Waals surface area contributed by atoms with Crippen LogP contribution in [0.2, 0.25) is 0 Å². The zero-order valence-electron chi connectivity index (χ0n) is 10.1. The van der Waals surface area contributed by atoms with Crippen LogP contribution in [0.5, 0.6) is 0 Å². The van der Waals surface area contributed by atoms with E-state index in [0.29, 0.717) is 19.0 Å². The zero-order valence-corrected chi connectivity index (χ0v) is 10.9. The summed E-state index contributed by atoms with van der Waals surface area (Å²) in [5, 5.41) is 3.32. The van der Waals surface area contributed by atoms with Crippen molar-refractivity contribution in [2.75, 3.05) is 46.2 Å². The highest BCUT2D eigenvalue weighted by atomic mass is 32.2. The highest BCUT2D eigenvalue weighted by molar-refractivity contribution is 7.88. The third-order valence-electron chi connectivity index (χ3n) is 2.96. The van der Waals surface area contributed by atoms with Crippen molar-refractivity contribution in [2.45, 2.75) is 12.8 Å². The molecule has 1 aliphatic heterocycles. The van der Waals surface area contributed by atoms with Gasteiger partial charge in [0.15, 0.2) is 0 Å². The van der Waals surface area contributed by atoms with Gasteiger partial charge in [-0.05, 0) is 25.3 Å². The summed E-state index contributed by atoms with van der Waals surface area (Å²) in [5.41, 5.74) is 0. The van der Waals surface area contributed by atoms with Gasteiger partial charge in [-0.25, -0.2) is 12.7 Å². The van der Waals surface area contributed by atoms with Gasteiger partial charge in [0, 0.05) is 26.7 Å². The lowest BCUT2D eigenvalue weighted by Crippen LogP contribution is -2.40. The summed E-state index contributed by atoms with van der Waals surface area (Å²) in [6.07, 6.45) is 3.18. The van der Waals surface area contributed by atoms with Crippen LogP contribution in [0.4, 0.5) is 0 Å². The molecule has 1 rings (SSSR count). The van der Waals surface area contributed by atoms with Gasteiger partial charge < -0.3 is 10.1 Å². The quantitative estimate of drug-likeness (QED) is 0.669. The molecule has 0 spiro atoms. The van der Waals surface area contributed by atoms with E-state index in [-0.39, 0.29) is 0 Å². The van der Waals surface area contributed by atoms with E-state index >= 15 is 0 Å². The molecule has 6 heteroatoms. The van der Waals surface area contributed by atoms with Gasteiger partial charge in [0.2, 0.25) is 10.0 Å². The van der Waals surface area contributed by atoms with E-state index in [9.17, 15) is 8.42 Å². The average Bonchev–Trinajstić information content (AvgIpc) is 2.24. The van der Waals surface area contributed by atoms with Gasteiger partial charge in [-0.15, -0.1) is 0 Å². The first-order chi connectivity index (χ1) is 7.54. The predicted molar refractivity (Wildman–Crippen MR) is 63.9 cm³/mol. The van der Waals surface area contributed by atoms with Crippen molar-refractivity contribution in [3.05, 3.63) is 0 Å². The largest absolute Gasteiger partial charge is 0.383 e. The molecule has 0 radical (unpaired) electrons. The predicted octanol–water partition coefficient (Wildman–Crippen LogP) is -0.106. The van der Waals surface area contributed by atoms with Gasteiger partial charge in [-0.1, -0.05) is 0 Å². The fourth-order valence-electron chi connectivity index (χ4n) is 1.93. The number of hydrogen-bond donors (Lipinski definition) is 1. The van der Waals surface area contributed by atoms with Crippen LogP contribution in [0.25, 0.3) is 0 Å². The Balaban J connectivity index is 2.17. The summed E-state index contributed by atoms with van der Waals surface area (Å²) in [7, 11) is -1.30. The minimum absolute atomic E-state index is 0.592. The third-order valence-corrected chi connectivity index (χ3v) is 4.26. The molecule has 1 fully saturated rings. The maximum atomic E-state index is 11.3. The minimum Gasteiger partial charge on any atom is -0.383 e. The van der Waals surface area contributed by atoms with E-state index < -0.39 is 10.0 Å². The molecule has 0 aromatic rings. The molecule has 5 nitrogen and oxygen atoms in total. The number of piperidine rings is 1. The van der Waals surface area contributed by atoms with Gasteiger partial charge in [0.1, 0.15) is 0 Å². The molecule has 1 aliphatic rings. The monoisotopic (exact) mass is 250 g/mol. The van der Waals surface area contributed by atoms with Gasteiger partial charge in [0.25, 0.3) is 0 Å². The fraction of sp³-hybridized carbons (Fsp3) is 1.00. The smallest absolute Gasteiger partial charge is 0.211 e. The highest BCUT2D eigenvalue weighted by Crippen LogP contribution is 2.18. The van der Waals surface area contributed by atoms with Crippen molar-refractivity contribution in [3.8, 4) is 0 Å². The number of nitrogens with one attached hydrogen (secondary N) is 1. The van der Waals surface area contributed by atoms with Gasteiger partial charge in [-0.2, -0.15) is 0 Å². The Kier molecular flexibility index (Phi) is 5.68. The molecule has 1 saturated heterocycles. The molecule has 0 amide bonds. The van der Waals surface area contributed by atoms with Crippen LogP contribution < -0.4 is 5.32 Å². The van der Waals surface area contributed by atoms with Crippen LogP contribution in [0.15, 0.2) is 0 Å². The topological polar surface area (TPSA) is 58.6 Å². The number of ether oxygens (including phenoxy) is 1. The van der Waals surface area contributed by atoms with E-state index in [0.717, 1.165) is 32.5 Å². The standard InChI is InChI=1S/C10H22N2O3S/c1-15-8-5-11-9-10-3-6-12(7-4-10)16(2,13)14/h10-11H,3-9H2,1-2H3. The molecular weight excluding hydrogens is 228 g/mol. The van der Waals surface area contributed by atoms with Crippen LogP contribution in [-0.4, -0.2) is 58.9 Å². The summed E-state index contributed by atoms with van der Waals surface area (Å²) in [6.45, 7) is 3.87. The Hall–Kier alpha value is -0.170.